The Morgan fingerprint density at radius 2 is 2.08 bits per heavy atom. The minimum atomic E-state index is 0.0264. The predicted octanol–water partition coefficient (Wildman–Crippen LogP) is 4.22. The molecule has 0 saturated heterocycles. The van der Waals surface area contributed by atoms with Crippen molar-refractivity contribution in [3.8, 4) is 9.88 Å². The molecular weight excluding hydrogens is 336 g/mol. The lowest BCUT2D eigenvalue weighted by Crippen LogP contribution is -2.24. The number of nitrogens with zero attached hydrogens (tertiary/aromatic N) is 1. The minimum Gasteiger partial charge on any atom is -0.352 e. The van der Waals surface area contributed by atoms with Crippen LogP contribution >= 0.6 is 22.7 Å². The highest BCUT2D eigenvalue weighted by molar-refractivity contribution is 7.20. The summed E-state index contributed by atoms with van der Waals surface area (Å²) >= 11 is 3.27. The first-order valence-electron chi connectivity index (χ1n) is 8.13. The Hall–Kier alpha value is -1.98. The molecule has 24 heavy (non-hydrogen) atoms. The van der Waals surface area contributed by atoms with E-state index in [9.17, 15) is 4.79 Å². The number of nitrogens with one attached hydrogen (secondary N) is 1. The monoisotopic (exact) mass is 354 g/mol. The molecule has 122 valence electrons. The van der Waals surface area contributed by atoms with Crippen LogP contribution in [-0.2, 0) is 30.6 Å². The van der Waals surface area contributed by atoms with Gasteiger partial charge >= 0.3 is 0 Å². The Morgan fingerprint density at radius 3 is 2.96 bits per heavy atom. The van der Waals surface area contributed by atoms with E-state index in [0.29, 0.717) is 13.0 Å². The molecule has 1 aliphatic rings. The van der Waals surface area contributed by atoms with E-state index in [2.05, 4.69) is 34.6 Å². The maximum atomic E-state index is 12.2. The van der Waals surface area contributed by atoms with Crippen LogP contribution < -0.4 is 5.32 Å². The van der Waals surface area contributed by atoms with Gasteiger partial charge in [0.25, 0.3) is 0 Å². The maximum absolute atomic E-state index is 12.2. The third kappa shape index (κ3) is 3.42. The van der Waals surface area contributed by atoms with Crippen LogP contribution in [0.25, 0.3) is 9.88 Å². The first kappa shape index (κ1) is 15.5. The number of benzene rings is 1. The molecule has 5 heteroatoms. The van der Waals surface area contributed by atoms with Gasteiger partial charge in [0.2, 0.25) is 5.91 Å². The van der Waals surface area contributed by atoms with Crippen molar-refractivity contribution in [1.29, 1.82) is 0 Å². The quantitative estimate of drug-likeness (QED) is 0.745. The van der Waals surface area contributed by atoms with E-state index in [0.717, 1.165) is 15.6 Å². The molecule has 1 aromatic carbocycles. The largest absolute Gasteiger partial charge is 0.352 e. The van der Waals surface area contributed by atoms with Crippen molar-refractivity contribution in [3.63, 3.8) is 0 Å². The lowest BCUT2D eigenvalue weighted by Gasteiger charge is -2.07. The fraction of sp³-hybridized carbons (Fsp3) is 0.263. The van der Waals surface area contributed by atoms with Crippen LogP contribution in [-0.4, -0.2) is 10.9 Å². The fourth-order valence-corrected chi connectivity index (χ4v) is 4.70. The Labute approximate surface area is 149 Å². The van der Waals surface area contributed by atoms with E-state index < -0.39 is 0 Å². The Morgan fingerprint density at radius 1 is 1.17 bits per heavy atom. The zero-order valence-corrected chi connectivity index (χ0v) is 14.9. The van der Waals surface area contributed by atoms with Crippen molar-refractivity contribution in [2.45, 2.75) is 32.2 Å². The van der Waals surface area contributed by atoms with Gasteiger partial charge in [-0.05, 0) is 47.4 Å². The number of thiophene rings is 1. The summed E-state index contributed by atoms with van der Waals surface area (Å²) in [6, 6.07) is 10.6. The number of hydrogen-bond donors (Lipinski definition) is 1. The van der Waals surface area contributed by atoms with Crippen LogP contribution in [0.4, 0.5) is 0 Å². The van der Waals surface area contributed by atoms with Gasteiger partial charge in [0, 0.05) is 11.9 Å². The van der Waals surface area contributed by atoms with Crippen molar-refractivity contribution >= 4 is 28.6 Å². The van der Waals surface area contributed by atoms with Gasteiger partial charge in [0.15, 0.2) is 0 Å². The zero-order valence-electron chi connectivity index (χ0n) is 13.2. The molecular formula is C19H18N2OS2. The fourth-order valence-electron chi connectivity index (χ4n) is 3.06. The standard InChI is InChI=1S/C19H18N2OS2/c22-18(10-16-12-24-19(21-16)17-5-2-8-23-17)20-11-13-6-7-14-3-1-4-15(14)9-13/h2,5-9,12H,1,3-4,10-11H2,(H,20,22). The molecule has 0 aliphatic heterocycles. The van der Waals surface area contributed by atoms with Gasteiger partial charge in [-0.3, -0.25) is 4.79 Å². The maximum Gasteiger partial charge on any atom is 0.226 e. The van der Waals surface area contributed by atoms with Gasteiger partial charge in [-0.1, -0.05) is 24.3 Å². The highest BCUT2D eigenvalue weighted by Gasteiger charge is 2.12. The van der Waals surface area contributed by atoms with Crippen molar-refractivity contribution in [2.24, 2.45) is 0 Å². The Balaban J connectivity index is 1.34. The molecule has 3 aromatic rings. The molecule has 4 rings (SSSR count). The van der Waals surface area contributed by atoms with E-state index in [-0.39, 0.29) is 5.91 Å². The third-order valence-corrected chi connectivity index (χ3v) is 6.21. The average molecular weight is 355 g/mol. The van der Waals surface area contributed by atoms with Crippen LogP contribution in [0, 0.1) is 0 Å². The summed E-state index contributed by atoms with van der Waals surface area (Å²) in [4.78, 5) is 17.9. The molecule has 0 radical (unpaired) electrons. The number of rotatable bonds is 5. The summed E-state index contributed by atoms with van der Waals surface area (Å²) in [6.45, 7) is 0.591. The summed E-state index contributed by atoms with van der Waals surface area (Å²) in [6.07, 6.45) is 3.95. The van der Waals surface area contributed by atoms with E-state index >= 15 is 0 Å². The van der Waals surface area contributed by atoms with E-state index in [4.69, 9.17) is 0 Å². The zero-order chi connectivity index (χ0) is 16.4. The van der Waals surface area contributed by atoms with Gasteiger partial charge in [-0.25, -0.2) is 4.98 Å². The van der Waals surface area contributed by atoms with Crippen LogP contribution in [0.1, 0.15) is 28.8 Å². The predicted molar refractivity (Wildman–Crippen MR) is 99.4 cm³/mol. The number of aromatic nitrogens is 1. The van der Waals surface area contributed by atoms with Gasteiger partial charge in [-0.15, -0.1) is 22.7 Å². The highest BCUT2D eigenvalue weighted by atomic mass is 32.1. The third-order valence-electron chi connectivity index (χ3n) is 4.28. The second-order valence-corrected chi connectivity index (χ2v) is 7.84. The molecule has 3 nitrogen and oxygen atoms in total. The highest BCUT2D eigenvalue weighted by Crippen LogP contribution is 2.28. The van der Waals surface area contributed by atoms with Crippen molar-refractivity contribution in [3.05, 3.63) is 63.5 Å². The van der Waals surface area contributed by atoms with Crippen molar-refractivity contribution in [2.75, 3.05) is 0 Å². The lowest BCUT2D eigenvalue weighted by molar-refractivity contribution is -0.120. The SMILES string of the molecule is O=C(Cc1csc(-c2cccs2)n1)NCc1ccc2c(c1)CCC2. The summed E-state index contributed by atoms with van der Waals surface area (Å²) < 4.78 is 0. The molecule has 1 aliphatic carbocycles. The summed E-state index contributed by atoms with van der Waals surface area (Å²) in [5, 5.41) is 8.02. The summed E-state index contributed by atoms with van der Waals surface area (Å²) in [5.41, 5.74) is 4.94. The molecule has 0 atom stereocenters. The second-order valence-electron chi connectivity index (χ2n) is 6.03. The van der Waals surface area contributed by atoms with Crippen molar-refractivity contribution < 1.29 is 4.79 Å². The number of carbonyl (C=O) groups excluding carboxylic acids is 1. The number of carbonyl (C=O) groups is 1. The number of hydrogen-bond acceptors (Lipinski definition) is 4. The minimum absolute atomic E-state index is 0.0264. The van der Waals surface area contributed by atoms with Crippen LogP contribution in [0.3, 0.4) is 0 Å². The summed E-state index contributed by atoms with van der Waals surface area (Å²) in [5.74, 6) is 0.0264. The van der Waals surface area contributed by atoms with Gasteiger partial charge < -0.3 is 5.32 Å². The molecule has 0 saturated carbocycles. The second kappa shape index (κ2) is 6.87. The number of aryl methyl sites for hydroxylation is 2. The van der Waals surface area contributed by atoms with Crippen molar-refractivity contribution in [1.82, 2.24) is 10.3 Å². The van der Waals surface area contributed by atoms with E-state index in [1.807, 2.05) is 16.8 Å². The number of fused-ring (bicyclic) bond motifs is 1. The molecule has 2 heterocycles. The van der Waals surface area contributed by atoms with Gasteiger partial charge in [-0.2, -0.15) is 0 Å². The average Bonchev–Trinajstić information content (AvgIpc) is 3.32. The van der Waals surface area contributed by atoms with Gasteiger partial charge in [0.05, 0.1) is 17.0 Å². The van der Waals surface area contributed by atoms with E-state index in [1.54, 1.807) is 22.7 Å². The summed E-state index contributed by atoms with van der Waals surface area (Å²) in [7, 11) is 0. The van der Waals surface area contributed by atoms with Crippen LogP contribution in [0.2, 0.25) is 0 Å². The van der Waals surface area contributed by atoms with Gasteiger partial charge in [0.1, 0.15) is 5.01 Å². The van der Waals surface area contributed by atoms with Crippen LogP contribution in [0.5, 0.6) is 0 Å². The molecule has 0 spiro atoms. The first-order valence-corrected chi connectivity index (χ1v) is 9.89. The molecule has 0 bridgehead atoms. The van der Waals surface area contributed by atoms with Crippen LogP contribution in [0.15, 0.2) is 41.1 Å². The molecule has 1 amide bonds. The number of thiazole rings is 1. The Bertz CT molecular complexity index is 852. The molecule has 0 fully saturated rings. The molecule has 2 aromatic heterocycles. The Kier molecular flexibility index (Phi) is 4.45. The topological polar surface area (TPSA) is 42.0 Å². The normalized spacial score (nSPS) is 13.0. The first-order chi connectivity index (χ1) is 11.8. The molecule has 0 unspecified atom stereocenters. The lowest BCUT2D eigenvalue weighted by atomic mass is 10.1. The smallest absolute Gasteiger partial charge is 0.226 e. The van der Waals surface area contributed by atoms with E-state index in [1.165, 1.54) is 36.0 Å². The molecule has 1 N–H and O–H groups in total. The number of amides is 1.